The molecule has 1 heterocycles. The SMILES string of the molecule is O=C(N[C@H](Cc1cc(I)c(O)c(I)c1)C(=O)N1CCOCC1)OCc1ccccc1. The minimum absolute atomic E-state index is 0.125. The molecule has 2 aromatic carbocycles. The van der Waals surface area contributed by atoms with Gasteiger partial charge >= 0.3 is 6.09 Å². The van der Waals surface area contributed by atoms with Crippen molar-refractivity contribution in [2.24, 2.45) is 0 Å². The molecule has 1 saturated heterocycles. The molecule has 0 aliphatic carbocycles. The van der Waals surface area contributed by atoms with Gasteiger partial charge in [-0.2, -0.15) is 0 Å². The quantitative estimate of drug-likeness (QED) is 0.476. The van der Waals surface area contributed by atoms with E-state index in [2.05, 4.69) is 5.32 Å². The van der Waals surface area contributed by atoms with Crippen LogP contribution in [-0.2, 0) is 27.3 Å². The molecule has 9 heteroatoms. The summed E-state index contributed by atoms with van der Waals surface area (Å²) < 4.78 is 12.0. The van der Waals surface area contributed by atoms with Crippen LogP contribution in [0.1, 0.15) is 11.1 Å². The third kappa shape index (κ3) is 6.45. The second-order valence-electron chi connectivity index (χ2n) is 6.81. The second-order valence-corrected chi connectivity index (χ2v) is 9.13. The Morgan fingerprint density at radius 1 is 1.10 bits per heavy atom. The molecule has 2 N–H and O–H groups in total. The number of hydrogen-bond donors (Lipinski definition) is 2. The van der Waals surface area contributed by atoms with E-state index in [0.29, 0.717) is 39.9 Å². The monoisotopic (exact) mass is 636 g/mol. The van der Waals surface area contributed by atoms with Crippen molar-refractivity contribution in [2.75, 3.05) is 26.3 Å². The van der Waals surface area contributed by atoms with Crippen molar-refractivity contribution in [3.63, 3.8) is 0 Å². The van der Waals surface area contributed by atoms with Crippen LogP contribution in [0.3, 0.4) is 0 Å². The molecule has 0 aromatic heterocycles. The lowest BCUT2D eigenvalue weighted by Gasteiger charge is -2.30. The molecule has 0 saturated carbocycles. The zero-order valence-electron chi connectivity index (χ0n) is 16.1. The molecule has 7 nitrogen and oxygen atoms in total. The lowest BCUT2D eigenvalue weighted by molar-refractivity contribution is -0.137. The van der Waals surface area contributed by atoms with E-state index in [-0.39, 0.29) is 18.3 Å². The molecule has 1 aliphatic heterocycles. The van der Waals surface area contributed by atoms with Gasteiger partial charge in [-0.25, -0.2) is 4.79 Å². The number of nitrogens with zero attached hydrogens (tertiary/aromatic N) is 1. The summed E-state index contributed by atoms with van der Waals surface area (Å²) in [4.78, 5) is 27.2. The van der Waals surface area contributed by atoms with Gasteiger partial charge in [-0.1, -0.05) is 30.3 Å². The summed E-state index contributed by atoms with van der Waals surface area (Å²) in [6.45, 7) is 2.05. The van der Waals surface area contributed by atoms with Crippen LogP contribution in [0.15, 0.2) is 42.5 Å². The minimum Gasteiger partial charge on any atom is -0.506 e. The predicted molar refractivity (Wildman–Crippen MR) is 128 cm³/mol. The van der Waals surface area contributed by atoms with Gasteiger partial charge in [0.2, 0.25) is 5.91 Å². The highest BCUT2D eigenvalue weighted by molar-refractivity contribution is 14.1. The lowest BCUT2D eigenvalue weighted by atomic mass is 10.0. The molecule has 2 aromatic rings. The van der Waals surface area contributed by atoms with Crippen LogP contribution in [0.4, 0.5) is 4.79 Å². The van der Waals surface area contributed by atoms with E-state index in [4.69, 9.17) is 9.47 Å². The first-order valence-electron chi connectivity index (χ1n) is 9.44. The summed E-state index contributed by atoms with van der Waals surface area (Å²) in [5.41, 5.74) is 1.71. The number of alkyl carbamates (subject to hydrolysis) is 1. The maximum Gasteiger partial charge on any atom is 0.408 e. The Balaban J connectivity index is 1.71. The highest BCUT2D eigenvalue weighted by Gasteiger charge is 2.28. The number of phenols is 1. The zero-order valence-corrected chi connectivity index (χ0v) is 20.5. The van der Waals surface area contributed by atoms with Gasteiger partial charge in [0.25, 0.3) is 0 Å². The van der Waals surface area contributed by atoms with Crippen LogP contribution < -0.4 is 5.32 Å². The molecule has 0 radical (unpaired) electrons. The number of halogens is 2. The standard InChI is InChI=1S/C21H22I2N2O5/c22-16-10-15(11-17(23)19(16)26)12-18(20(27)25-6-8-29-9-7-25)24-21(28)30-13-14-4-2-1-3-5-14/h1-5,10-11,18,26H,6-9,12-13H2,(H,24,28)/t18-/m1/s1. The van der Waals surface area contributed by atoms with Crippen molar-refractivity contribution >= 4 is 57.2 Å². The molecule has 1 aliphatic rings. The van der Waals surface area contributed by atoms with Crippen LogP contribution in [0, 0.1) is 7.14 Å². The van der Waals surface area contributed by atoms with Crippen molar-refractivity contribution in [3.8, 4) is 5.75 Å². The van der Waals surface area contributed by atoms with Gasteiger partial charge in [0, 0.05) is 19.5 Å². The third-order valence-corrected chi connectivity index (χ3v) is 6.29. The molecule has 2 amide bonds. The van der Waals surface area contributed by atoms with Gasteiger partial charge in [-0.15, -0.1) is 0 Å². The van der Waals surface area contributed by atoms with Crippen LogP contribution in [0.2, 0.25) is 0 Å². The fourth-order valence-corrected chi connectivity index (χ4v) is 4.98. The first-order valence-corrected chi connectivity index (χ1v) is 11.6. The molecule has 0 bridgehead atoms. The molecule has 3 rings (SSSR count). The van der Waals surface area contributed by atoms with E-state index in [0.717, 1.165) is 11.1 Å². The number of ether oxygens (including phenoxy) is 2. The lowest BCUT2D eigenvalue weighted by Crippen LogP contribution is -2.52. The van der Waals surface area contributed by atoms with Gasteiger partial charge in [0.05, 0.1) is 20.4 Å². The fraction of sp³-hybridized carbons (Fsp3) is 0.333. The number of carbonyl (C=O) groups is 2. The van der Waals surface area contributed by atoms with E-state index in [1.807, 2.05) is 87.6 Å². The summed E-state index contributed by atoms with van der Waals surface area (Å²) in [6.07, 6.45) is -0.350. The Morgan fingerprint density at radius 2 is 1.73 bits per heavy atom. The van der Waals surface area contributed by atoms with Gasteiger partial charge in [-0.05, 0) is 68.4 Å². The number of morpholine rings is 1. The van der Waals surface area contributed by atoms with Crippen molar-refractivity contribution in [3.05, 3.63) is 60.7 Å². The van der Waals surface area contributed by atoms with Gasteiger partial charge in [0.1, 0.15) is 18.4 Å². The Hall–Kier alpha value is -1.60. The molecule has 1 atom stereocenters. The first-order chi connectivity index (χ1) is 14.4. The van der Waals surface area contributed by atoms with Crippen LogP contribution in [-0.4, -0.2) is 54.4 Å². The van der Waals surface area contributed by atoms with Gasteiger partial charge in [-0.3, -0.25) is 4.79 Å². The van der Waals surface area contributed by atoms with Crippen molar-refractivity contribution in [1.82, 2.24) is 10.2 Å². The first kappa shape index (κ1) is 23.1. The summed E-state index contributed by atoms with van der Waals surface area (Å²) in [5, 5.41) is 12.7. The molecule has 0 unspecified atom stereocenters. The largest absolute Gasteiger partial charge is 0.506 e. The van der Waals surface area contributed by atoms with Crippen LogP contribution in [0.25, 0.3) is 0 Å². The van der Waals surface area contributed by atoms with Crippen LogP contribution >= 0.6 is 45.2 Å². The molecular weight excluding hydrogens is 614 g/mol. The average molecular weight is 636 g/mol. The molecule has 0 spiro atoms. The maximum atomic E-state index is 13.1. The van der Waals surface area contributed by atoms with E-state index in [1.165, 1.54) is 0 Å². The summed E-state index contributed by atoms with van der Waals surface area (Å²) in [6, 6.07) is 12.2. The number of rotatable bonds is 6. The number of hydrogen-bond acceptors (Lipinski definition) is 5. The molecule has 160 valence electrons. The van der Waals surface area contributed by atoms with Crippen molar-refractivity contribution in [2.45, 2.75) is 19.1 Å². The number of benzene rings is 2. The van der Waals surface area contributed by atoms with Gasteiger partial charge in [0.15, 0.2) is 0 Å². The Kier molecular flexibility index (Phi) is 8.57. The fourth-order valence-electron chi connectivity index (χ4n) is 3.08. The molecular formula is C21H22I2N2O5. The summed E-state index contributed by atoms with van der Waals surface area (Å²) in [7, 11) is 0. The number of carbonyl (C=O) groups excluding carboxylic acids is 2. The van der Waals surface area contributed by atoms with Crippen LogP contribution in [0.5, 0.6) is 5.75 Å². The second kappa shape index (κ2) is 11.1. The number of amides is 2. The number of aromatic hydroxyl groups is 1. The van der Waals surface area contributed by atoms with Gasteiger partial charge < -0.3 is 24.8 Å². The van der Waals surface area contributed by atoms with E-state index < -0.39 is 12.1 Å². The van der Waals surface area contributed by atoms with E-state index in [1.54, 1.807) is 4.90 Å². The number of phenolic OH excluding ortho intramolecular Hbond substituents is 1. The average Bonchev–Trinajstić information content (AvgIpc) is 2.76. The zero-order chi connectivity index (χ0) is 21.5. The maximum absolute atomic E-state index is 13.1. The van der Waals surface area contributed by atoms with Crippen molar-refractivity contribution in [1.29, 1.82) is 0 Å². The van der Waals surface area contributed by atoms with E-state index in [9.17, 15) is 14.7 Å². The molecule has 1 fully saturated rings. The topological polar surface area (TPSA) is 88.1 Å². The number of nitrogens with one attached hydrogen (secondary N) is 1. The highest BCUT2D eigenvalue weighted by Crippen LogP contribution is 2.28. The Bertz CT molecular complexity index is 865. The Morgan fingerprint density at radius 3 is 2.37 bits per heavy atom. The highest BCUT2D eigenvalue weighted by atomic mass is 127. The smallest absolute Gasteiger partial charge is 0.408 e. The third-order valence-electron chi connectivity index (χ3n) is 4.64. The normalized spacial score (nSPS) is 14.8. The Labute approximate surface area is 202 Å². The minimum atomic E-state index is -0.775. The molecule has 30 heavy (non-hydrogen) atoms. The summed E-state index contributed by atoms with van der Waals surface area (Å²) >= 11 is 4.10. The van der Waals surface area contributed by atoms with Crippen molar-refractivity contribution < 1.29 is 24.2 Å². The summed E-state index contributed by atoms with van der Waals surface area (Å²) in [5.74, 6) is 0.0410. The predicted octanol–water partition coefficient (Wildman–Crippen LogP) is 3.30. The van der Waals surface area contributed by atoms with E-state index >= 15 is 0 Å².